The minimum atomic E-state index is -0.305. The van der Waals surface area contributed by atoms with E-state index in [1.165, 1.54) is 16.7 Å². The van der Waals surface area contributed by atoms with E-state index >= 15 is 0 Å². The standard InChI is InChI=1S/C12H16ClNO.C12H15NO.C8H11N.C4H6Cl2O.3CH4.3H2S/c1-10(11-6-3-2-4-7-11)14-9-5-8-12(13)15;1-10(11-6-3-2-4-7-11)13-9-5-8-12(13)14;1-7(9)8-5-3-2-4-6-8;5-3-1-2-4(6)7;;;;;;/h2-4,6-7,10,14H,5,8-9H2,1H3;2-4,6-7,10H,5,8-9H2,1H3;2-7H,9H2,1H3;1-3H2;3*1H4;3*1H2/t2*10-;7-;;;;;;;/m000......./s1. The molecule has 3 aromatic carbocycles. The van der Waals surface area contributed by atoms with E-state index in [2.05, 4.69) is 43.4 Å². The van der Waals surface area contributed by atoms with Crippen LogP contribution in [0.3, 0.4) is 0 Å². The Balaban J connectivity index is -0.000000132. The molecular formula is C39H66Cl3N3O3S3. The number of carbonyl (C=O) groups excluding carboxylic acids is 3. The van der Waals surface area contributed by atoms with Gasteiger partial charge in [-0.2, -0.15) is 40.5 Å². The summed E-state index contributed by atoms with van der Waals surface area (Å²) >= 11 is 15.4. The molecule has 1 saturated heterocycles. The molecule has 1 heterocycles. The van der Waals surface area contributed by atoms with Gasteiger partial charge in [-0.15, -0.1) is 11.6 Å². The van der Waals surface area contributed by atoms with Gasteiger partial charge in [0.1, 0.15) is 0 Å². The molecule has 294 valence electrons. The minimum Gasteiger partial charge on any atom is -0.336 e. The SMILES string of the molecule is C.C.C.C[C@@H](c1ccccc1)N1CCCC1=O.C[C@H](N)c1ccccc1.C[C@H](NCCCC(=O)Cl)c1ccccc1.O=C(Cl)CCCCl.S.S.S. The average Bonchev–Trinajstić information content (AvgIpc) is 3.49. The smallest absolute Gasteiger partial charge is 0.223 e. The number of nitrogens with two attached hydrogens (primary N) is 1. The van der Waals surface area contributed by atoms with E-state index in [0.717, 1.165) is 32.4 Å². The summed E-state index contributed by atoms with van der Waals surface area (Å²) in [6, 6.07) is 31.2. The highest BCUT2D eigenvalue weighted by molar-refractivity contribution is 7.59. The van der Waals surface area contributed by atoms with Gasteiger partial charge in [-0.3, -0.25) is 14.4 Å². The fourth-order valence-corrected chi connectivity index (χ4v) is 4.76. The number of carbonyl (C=O) groups is 3. The molecule has 1 fully saturated rings. The van der Waals surface area contributed by atoms with Gasteiger partial charge in [0, 0.05) is 43.8 Å². The molecule has 0 saturated carbocycles. The molecule has 1 aliphatic heterocycles. The predicted molar refractivity (Wildman–Crippen MR) is 240 cm³/mol. The lowest BCUT2D eigenvalue weighted by atomic mass is 10.1. The Labute approximate surface area is 346 Å². The van der Waals surface area contributed by atoms with Crippen LogP contribution in [0.25, 0.3) is 0 Å². The van der Waals surface area contributed by atoms with Gasteiger partial charge in [-0.25, -0.2) is 0 Å². The van der Waals surface area contributed by atoms with Crippen molar-refractivity contribution in [1.82, 2.24) is 10.2 Å². The van der Waals surface area contributed by atoms with Crippen molar-refractivity contribution >= 4 is 91.7 Å². The Kier molecular flexibility index (Phi) is 45.8. The van der Waals surface area contributed by atoms with Crippen LogP contribution in [0.15, 0.2) is 91.0 Å². The number of hydrogen-bond donors (Lipinski definition) is 2. The maximum atomic E-state index is 11.5. The van der Waals surface area contributed by atoms with Gasteiger partial charge in [-0.1, -0.05) is 113 Å². The highest BCUT2D eigenvalue weighted by atomic mass is 35.5. The molecule has 0 bridgehead atoms. The van der Waals surface area contributed by atoms with Crippen molar-refractivity contribution in [1.29, 1.82) is 0 Å². The van der Waals surface area contributed by atoms with Crippen molar-refractivity contribution in [3.8, 4) is 0 Å². The molecule has 0 radical (unpaired) electrons. The Morgan fingerprint density at radius 2 is 1.14 bits per heavy atom. The second kappa shape index (κ2) is 38.0. The quantitative estimate of drug-likeness (QED) is 0.108. The number of likely N-dealkylation sites (tertiary alicyclic amines) is 1. The van der Waals surface area contributed by atoms with E-state index in [-0.39, 0.29) is 85.3 Å². The molecule has 0 aliphatic carbocycles. The van der Waals surface area contributed by atoms with Crippen molar-refractivity contribution in [3.63, 3.8) is 0 Å². The predicted octanol–water partition coefficient (Wildman–Crippen LogP) is 11.0. The van der Waals surface area contributed by atoms with Crippen LogP contribution in [0.1, 0.15) is 116 Å². The number of nitrogens with one attached hydrogen (secondary N) is 1. The fraction of sp³-hybridized carbons (Fsp3) is 0.462. The summed E-state index contributed by atoms with van der Waals surface area (Å²) < 4.78 is 0. The molecule has 0 unspecified atom stereocenters. The van der Waals surface area contributed by atoms with Crippen molar-refractivity contribution in [2.75, 3.05) is 19.0 Å². The number of amides is 1. The first kappa shape index (κ1) is 61.4. The third kappa shape index (κ3) is 29.5. The second-order valence-electron chi connectivity index (χ2n) is 10.7. The van der Waals surface area contributed by atoms with E-state index in [1.807, 2.05) is 78.6 Å². The van der Waals surface area contributed by atoms with Gasteiger partial charge in [0.2, 0.25) is 16.4 Å². The zero-order valence-electron chi connectivity index (χ0n) is 28.1. The molecule has 12 heteroatoms. The monoisotopic (exact) mass is 825 g/mol. The van der Waals surface area contributed by atoms with Crippen LogP contribution in [-0.2, 0) is 14.4 Å². The molecule has 0 aromatic heterocycles. The Hall–Kier alpha value is -1.69. The Bertz CT molecular complexity index is 1230. The maximum Gasteiger partial charge on any atom is 0.223 e. The summed E-state index contributed by atoms with van der Waals surface area (Å²) in [5.74, 6) is 0.805. The van der Waals surface area contributed by atoms with Gasteiger partial charge in [0.15, 0.2) is 0 Å². The first-order chi connectivity index (χ1) is 21.6. The largest absolute Gasteiger partial charge is 0.336 e. The van der Waals surface area contributed by atoms with Gasteiger partial charge >= 0.3 is 0 Å². The van der Waals surface area contributed by atoms with Crippen LogP contribution >= 0.6 is 75.3 Å². The van der Waals surface area contributed by atoms with Crippen LogP contribution in [0, 0.1) is 0 Å². The molecule has 51 heavy (non-hydrogen) atoms. The molecule has 6 nitrogen and oxygen atoms in total. The first-order valence-electron chi connectivity index (χ1n) is 15.4. The van der Waals surface area contributed by atoms with Crippen LogP contribution in [0.2, 0.25) is 0 Å². The summed E-state index contributed by atoms with van der Waals surface area (Å²) in [4.78, 5) is 33.9. The van der Waals surface area contributed by atoms with Gasteiger partial charge < -0.3 is 16.0 Å². The second-order valence-corrected chi connectivity index (χ2v) is 11.9. The molecule has 1 aliphatic rings. The van der Waals surface area contributed by atoms with Crippen molar-refractivity contribution < 1.29 is 14.4 Å². The molecule has 0 spiro atoms. The van der Waals surface area contributed by atoms with Crippen LogP contribution in [-0.4, -0.2) is 40.3 Å². The summed E-state index contributed by atoms with van der Waals surface area (Å²) in [7, 11) is 0. The zero-order valence-corrected chi connectivity index (χ0v) is 33.4. The molecule has 1 amide bonds. The van der Waals surface area contributed by atoms with Gasteiger partial charge in [-0.05, 0) is 86.5 Å². The van der Waals surface area contributed by atoms with Crippen molar-refractivity contribution in [3.05, 3.63) is 108 Å². The Morgan fingerprint density at radius 1 is 0.725 bits per heavy atom. The lowest BCUT2D eigenvalue weighted by molar-refractivity contribution is -0.129. The molecule has 3 aromatic rings. The lowest BCUT2D eigenvalue weighted by Gasteiger charge is -2.24. The molecule has 3 atom stereocenters. The van der Waals surface area contributed by atoms with Crippen molar-refractivity contribution in [2.24, 2.45) is 5.73 Å². The highest BCUT2D eigenvalue weighted by Crippen LogP contribution is 2.24. The van der Waals surface area contributed by atoms with Crippen LogP contribution in [0.5, 0.6) is 0 Å². The number of hydrogen-bond acceptors (Lipinski definition) is 5. The summed E-state index contributed by atoms with van der Waals surface area (Å²) in [6.07, 6.45) is 4.04. The van der Waals surface area contributed by atoms with E-state index in [1.54, 1.807) is 0 Å². The molecule has 4 rings (SSSR count). The van der Waals surface area contributed by atoms with E-state index < -0.39 is 0 Å². The van der Waals surface area contributed by atoms with E-state index in [0.29, 0.717) is 37.1 Å². The van der Waals surface area contributed by atoms with Gasteiger partial charge in [0.25, 0.3) is 0 Å². The van der Waals surface area contributed by atoms with E-state index in [9.17, 15) is 14.4 Å². The van der Waals surface area contributed by atoms with Crippen LogP contribution in [0.4, 0.5) is 0 Å². The first-order valence-corrected chi connectivity index (χ1v) is 16.7. The highest BCUT2D eigenvalue weighted by Gasteiger charge is 2.25. The molecular weight excluding hydrogens is 761 g/mol. The third-order valence-electron chi connectivity index (χ3n) is 6.99. The lowest BCUT2D eigenvalue weighted by Crippen LogP contribution is -2.27. The number of alkyl halides is 1. The number of benzene rings is 3. The third-order valence-corrected chi connectivity index (χ3v) is 7.64. The summed E-state index contributed by atoms with van der Waals surface area (Å²) in [5, 5.41) is 2.78. The van der Waals surface area contributed by atoms with Crippen LogP contribution < -0.4 is 11.1 Å². The molecule has 3 N–H and O–H groups in total. The van der Waals surface area contributed by atoms with Crippen molar-refractivity contribution in [2.45, 2.75) is 99.7 Å². The van der Waals surface area contributed by atoms with Gasteiger partial charge in [0.05, 0.1) is 6.04 Å². The number of nitrogens with zero attached hydrogens (tertiary/aromatic N) is 1. The Morgan fingerprint density at radius 3 is 1.47 bits per heavy atom. The normalized spacial score (nSPS) is 12.3. The number of halogens is 3. The minimum absolute atomic E-state index is 0. The average molecular weight is 828 g/mol. The topological polar surface area (TPSA) is 92.5 Å². The fourth-order valence-electron chi connectivity index (χ4n) is 4.36. The summed E-state index contributed by atoms with van der Waals surface area (Å²) in [5.41, 5.74) is 9.29. The summed E-state index contributed by atoms with van der Waals surface area (Å²) in [6.45, 7) is 7.91. The maximum absolute atomic E-state index is 11.5. The number of rotatable bonds is 12. The van der Waals surface area contributed by atoms with E-state index in [4.69, 9.17) is 40.5 Å². The zero-order chi connectivity index (χ0) is 33.5.